The Morgan fingerprint density at radius 2 is 2.05 bits per heavy atom. The molecule has 0 saturated carbocycles. The van der Waals surface area contributed by atoms with Crippen LogP contribution >= 0.6 is 15.9 Å². The van der Waals surface area contributed by atoms with Crippen molar-refractivity contribution in [1.82, 2.24) is 10.3 Å². The summed E-state index contributed by atoms with van der Waals surface area (Å²) in [5, 5.41) is 3.62. The molecule has 3 nitrogen and oxygen atoms in total. The zero-order valence-corrected chi connectivity index (χ0v) is 12.5. The van der Waals surface area contributed by atoms with Gasteiger partial charge < -0.3 is 5.32 Å². The van der Waals surface area contributed by atoms with E-state index >= 15 is 0 Å². The van der Waals surface area contributed by atoms with Crippen LogP contribution in [0.3, 0.4) is 0 Å². The van der Waals surface area contributed by atoms with Gasteiger partial charge in [0.1, 0.15) is 5.78 Å². The largest absolute Gasteiger partial charge is 0.311 e. The molecule has 2 atom stereocenters. The number of Topliss-reactive ketones (excluding diaryl/α,β-unsaturated/α-hetero) is 1. The SMILES string of the molecule is O=C(Cc1ccc(Br)cn1)CC1CC2CCC(C1)N2. The number of aromatic nitrogens is 1. The molecule has 0 amide bonds. The number of pyridine rings is 1. The number of carbonyl (C=O) groups excluding carboxylic acids is 1. The predicted octanol–water partition coefficient (Wildman–Crippen LogP) is 2.88. The summed E-state index contributed by atoms with van der Waals surface area (Å²) in [5.74, 6) is 0.919. The molecule has 2 unspecified atom stereocenters. The van der Waals surface area contributed by atoms with E-state index in [1.807, 2.05) is 12.1 Å². The minimum Gasteiger partial charge on any atom is -0.311 e. The van der Waals surface area contributed by atoms with E-state index in [1.165, 1.54) is 25.7 Å². The minimum atomic E-state index is 0.334. The smallest absolute Gasteiger partial charge is 0.139 e. The molecule has 0 radical (unpaired) electrons. The lowest BCUT2D eigenvalue weighted by atomic mass is 9.87. The minimum absolute atomic E-state index is 0.334. The number of hydrogen-bond donors (Lipinski definition) is 1. The zero-order valence-electron chi connectivity index (χ0n) is 10.9. The summed E-state index contributed by atoms with van der Waals surface area (Å²) in [6.45, 7) is 0. The van der Waals surface area contributed by atoms with Crippen molar-refractivity contribution >= 4 is 21.7 Å². The second-order valence-corrected chi connectivity index (χ2v) is 6.78. The predicted molar refractivity (Wildman–Crippen MR) is 77.9 cm³/mol. The third-order valence-corrected chi connectivity index (χ3v) is 4.72. The Morgan fingerprint density at radius 3 is 2.68 bits per heavy atom. The highest BCUT2D eigenvalue weighted by Crippen LogP contribution is 2.32. The van der Waals surface area contributed by atoms with Gasteiger partial charge in [-0.25, -0.2) is 0 Å². The first-order valence-electron chi connectivity index (χ1n) is 7.07. The molecular formula is C15H19BrN2O. The summed E-state index contributed by atoms with van der Waals surface area (Å²) in [7, 11) is 0. The Balaban J connectivity index is 1.52. The van der Waals surface area contributed by atoms with Crippen molar-refractivity contribution in [3.63, 3.8) is 0 Å². The number of fused-ring (bicyclic) bond motifs is 2. The van der Waals surface area contributed by atoms with Crippen LogP contribution in [-0.2, 0) is 11.2 Å². The van der Waals surface area contributed by atoms with E-state index < -0.39 is 0 Å². The van der Waals surface area contributed by atoms with Gasteiger partial charge in [0, 0.05) is 41.3 Å². The van der Waals surface area contributed by atoms with Crippen LogP contribution in [0, 0.1) is 5.92 Å². The van der Waals surface area contributed by atoms with Gasteiger partial charge in [-0.15, -0.1) is 0 Å². The lowest BCUT2D eigenvalue weighted by Crippen LogP contribution is -2.38. The molecule has 0 aliphatic carbocycles. The molecule has 4 heteroatoms. The van der Waals surface area contributed by atoms with Crippen LogP contribution in [0.4, 0.5) is 0 Å². The summed E-state index contributed by atoms with van der Waals surface area (Å²) in [5.41, 5.74) is 0.880. The first-order chi connectivity index (χ1) is 9.19. The maximum absolute atomic E-state index is 12.1. The summed E-state index contributed by atoms with van der Waals surface area (Å²) in [4.78, 5) is 16.4. The molecule has 2 fully saturated rings. The van der Waals surface area contributed by atoms with Crippen molar-refractivity contribution < 1.29 is 4.79 Å². The topological polar surface area (TPSA) is 42.0 Å². The summed E-state index contributed by atoms with van der Waals surface area (Å²) in [6, 6.07) is 5.21. The average Bonchev–Trinajstić information content (AvgIpc) is 2.72. The summed E-state index contributed by atoms with van der Waals surface area (Å²) >= 11 is 3.36. The number of halogens is 1. The molecular weight excluding hydrogens is 304 g/mol. The number of nitrogens with one attached hydrogen (secondary N) is 1. The van der Waals surface area contributed by atoms with Gasteiger partial charge in [-0.2, -0.15) is 0 Å². The maximum atomic E-state index is 12.1. The highest BCUT2D eigenvalue weighted by Gasteiger charge is 2.33. The first kappa shape index (κ1) is 13.3. The quantitative estimate of drug-likeness (QED) is 0.926. The molecule has 102 valence electrons. The van der Waals surface area contributed by atoms with Gasteiger partial charge in [-0.05, 0) is 59.7 Å². The molecule has 2 saturated heterocycles. The van der Waals surface area contributed by atoms with Gasteiger partial charge in [0.05, 0.1) is 0 Å². The van der Waals surface area contributed by atoms with E-state index in [-0.39, 0.29) is 0 Å². The number of ketones is 1. The highest BCUT2D eigenvalue weighted by molar-refractivity contribution is 9.10. The van der Waals surface area contributed by atoms with Crippen LogP contribution in [0.2, 0.25) is 0 Å². The van der Waals surface area contributed by atoms with Gasteiger partial charge in [-0.3, -0.25) is 9.78 Å². The lowest BCUT2D eigenvalue weighted by Gasteiger charge is -2.28. The first-order valence-corrected chi connectivity index (χ1v) is 7.86. The van der Waals surface area contributed by atoms with Crippen LogP contribution in [0.1, 0.15) is 37.8 Å². The average molecular weight is 323 g/mol. The van der Waals surface area contributed by atoms with Crippen LogP contribution in [0.5, 0.6) is 0 Å². The maximum Gasteiger partial charge on any atom is 0.139 e. The molecule has 0 spiro atoms. The fourth-order valence-corrected chi connectivity index (χ4v) is 3.68. The Bertz CT molecular complexity index is 448. The van der Waals surface area contributed by atoms with E-state index in [4.69, 9.17) is 0 Å². The molecule has 2 aliphatic heterocycles. The number of rotatable bonds is 4. The molecule has 1 aromatic rings. The molecule has 1 aromatic heterocycles. The molecule has 1 N–H and O–H groups in total. The fraction of sp³-hybridized carbons (Fsp3) is 0.600. The second-order valence-electron chi connectivity index (χ2n) is 5.86. The number of carbonyl (C=O) groups is 1. The summed E-state index contributed by atoms with van der Waals surface area (Å²) in [6.07, 6.45) is 7.91. The van der Waals surface area contributed by atoms with Crippen LogP contribution in [-0.4, -0.2) is 22.9 Å². The molecule has 2 bridgehead atoms. The lowest BCUT2D eigenvalue weighted by molar-refractivity contribution is -0.119. The van der Waals surface area contributed by atoms with E-state index in [9.17, 15) is 4.79 Å². The zero-order chi connectivity index (χ0) is 13.2. The van der Waals surface area contributed by atoms with Crippen LogP contribution in [0.25, 0.3) is 0 Å². The van der Waals surface area contributed by atoms with Crippen molar-refractivity contribution in [3.8, 4) is 0 Å². The Morgan fingerprint density at radius 1 is 1.32 bits per heavy atom. The van der Waals surface area contributed by atoms with Gasteiger partial charge in [0.2, 0.25) is 0 Å². The van der Waals surface area contributed by atoms with E-state index in [1.54, 1.807) is 6.20 Å². The molecule has 2 aliphatic rings. The summed E-state index contributed by atoms with van der Waals surface area (Å²) < 4.78 is 0.957. The van der Waals surface area contributed by atoms with Crippen molar-refractivity contribution in [3.05, 3.63) is 28.5 Å². The number of hydrogen-bond acceptors (Lipinski definition) is 3. The van der Waals surface area contributed by atoms with Crippen molar-refractivity contribution in [2.24, 2.45) is 5.92 Å². The van der Waals surface area contributed by atoms with Crippen molar-refractivity contribution in [1.29, 1.82) is 0 Å². The fourth-order valence-electron chi connectivity index (χ4n) is 3.45. The van der Waals surface area contributed by atoms with Gasteiger partial charge in [0.15, 0.2) is 0 Å². The molecule has 0 aromatic carbocycles. The highest BCUT2D eigenvalue weighted by atomic mass is 79.9. The number of piperidine rings is 1. The molecule has 3 heterocycles. The molecule has 19 heavy (non-hydrogen) atoms. The van der Waals surface area contributed by atoms with Crippen LogP contribution < -0.4 is 5.32 Å². The monoisotopic (exact) mass is 322 g/mol. The van der Waals surface area contributed by atoms with E-state index in [0.29, 0.717) is 30.2 Å². The van der Waals surface area contributed by atoms with Gasteiger partial charge in [-0.1, -0.05) is 0 Å². The standard InChI is InChI=1S/C15H19BrN2O/c16-11-1-2-12(17-9-11)8-15(19)7-10-5-13-3-4-14(6-10)18-13/h1-2,9-10,13-14,18H,3-8H2. The van der Waals surface area contributed by atoms with Crippen LogP contribution in [0.15, 0.2) is 22.8 Å². The Labute approximate surface area is 122 Å². The third kappa shape index (κ3) is 3.42. The Kier molecular flexibility index (Phi) is 3.99. The van der Waals surface area contributed by atoms with Gasteiger partial charge >= 0.3 is 0 Å². The Hall–Kier alpha value is -0.740. The van der Waals surface area contributed by atoms with Crippen molar-refractivity contribution in [2.45, 2.75) is 50.6 Å². The normalized spacial score (nSPS) is 29.4. The molecule has 3 rings (SSSR count). The van der Waals surface area contributed by atoms with E-state index in [2.05, 4.69) is 26.2 Å². The van der Waals surface area contributed by atoms with Crippen molar-refractivity contribution in [2.75, 3.05) is 0 Å². The van der Waals surface area contributed by atoms with E-state index in [0.717, 1.165) is 16.6 Å². The number of nitrogens with zero attached hydrogens (tertiary/aromatic N) is 1. The van der Waals surface area contributed by atoms with Gasteiger partial charge in [0.25, 0.3) is 0 Å². The second kappa shape index (κ2) is 5.71. The third-order valence-electron chi connectivity index (χ3n) is 4.25.